The van der Waals surface area contributed by atoms with E-state index in [9.17, 15) is 0 Å². The van der Waals surface area contributed by atoms with Crippen LogP contribution in [0.25, 0.3) is 0 Å². The highest BCUT2D eigenvalue weighted by Crippen LogP contribution is 2.19. The van der Waals surface area contributed by atoms with E-state index in [1.54, 1.807) is 14.2 Å². The van der Waals surface area contributed by atoms with Gasteiger partial charge >= 0.3 is 0 Å². The predicted octanol–water partition coefficient (Wildman–Crippen LogP) is 3.40. The third kappa shape index (κ3) is 10.6. The fourth-order valence-corrected chi connectivity index (χ4v) is 3.42. The fraction of sp³-hybridized carbons (Fsp3) is 0.682. The van der Waals surface area contributed by atoms with Crippen LogP contribution in [-0.2, 0) is 22.6 Å². The van der Waals surface area contributed by atoms with Crippen LogP contribution in [0, 0.1) is 0 Å². The van der Waals surface area contributed by atoms with Gasteiger partial charge in [0.25, 0.3) is 0 Å². The summed E-state index contributed by atoms with van der Waals surface area (Å²) < 4.78 is 10.4. The van der Waals surface area contributed by atoms with Crippen molar-refractivity contribution in [1.82, 2.24) is 15.5 Å². The molecule has 1 aromatic carbocycles. The molecule has 0 aliphatic carbocycles. The van der Waals surface area contributed by atoms with Crippen LogP contribution >= 0.6 is 24.0 Å². The Balaban J connectivity index is 0.00000420. The Kier molecular flexibility index (Phi) is 14.3. The van der Waals surface area contributed by atoms with Gasteiger partial charge in [-0.25, -0.2) is 0 Å². The quantitative estimate of drug-likeness (QED) is 0.204. The van der Waals surface area contributed by atoms with Crippen molar-refractivity contribution in [3.63, 3.8) is 0 Å². The molecule has 1 aliphatic rings. The van der Waals surface area contributed by atoms with Gasteiger partial charge in [0, 0.05) is 46.4 Å². The summed E-state index contributed by atoms with van der Waals surface area (Å²) in [6.45, 7) is 8.26. The zero-order valence-corrected chi connectivity index (χ0v) is 20.6. The number of methoxy groups -OCH3 is 1. The van der Waals surface area contributed by atoms with Crippen molar-refractivity contribution < 1.29 is 9.47 Å². The minimum absolute atomic E-state index is 0. The molecular formula is C22H39IN4O2. The van der Waals surface area contributed by atoms with Crippen LogP contribution in [-0.4, -0.2) is 64.0 Å². The first-order valence-electron chi connectivity index (χ1n) is 10.6. The molecule has 7 heteroatoms. The predicted molar refractivity (Wildman–Crippen MR) is 131 cm³/mol. The maximum atomic E-state index is 5.46. The zero-order chi connectivity index (χ0) is 20.0. The van der Waals surface area contributed by atoms with Crippen LogP contribution in [0.1, 0.15) is 43.7 Å². The Morgan fingerprint density at radius 1 is 1.10 bits per heavy atom. The number of guanidine groups is 1. The van der Waals surface area contributed by atoms with Crippen LogP contribution in [0.3, 0.4) is 0 Å². The van der Waals surface area contributed by atoms with Crippen LogP contribution in [0.15, 0.2) is 29.3 Å². The van der Waals surface area contributed by atoms with E-state index < -0.39 is 0 Å². The summed E-state index contributed by atoms with van der Waals surface area (Å²) in [5.74, 6) is 0.822. The monoisotopic (exact) mass is 518 g/mol. The molecule has 1 saturated heterocycles. The third-order valence-electron chi connectivity index (χ3n) is 5.22. The molecule has 29 heavy (non-hydrogen) atoms. The molecule has 1 atom stereocenters. The Bertz CT molecular complexity index is 568. The molecule has 2 rings (SSSR count). The Morgan fingerprint density at radius 3 is 2.55 bits per heavy atom. The van der Waals surface area contributed by atoms with Gasteiger partial charge in [-0.1, -0.05) is 30.7 Å². The second kappa shape index (κ2) is 15.9. The Hall–Kier alpha value is -0.900. The van der Waals surface area contributed by atoms with E-state index in [0.29, 0.717) is 19.3 Å². The Labute approximate surface area is 193 Å². The van der Waals surface area contributed by atoms with E-state index in [1.165, 1.54) is 36.9 Å². The lowest BCUT2D eigenvalue weighted by Crippen LogP contribution is -2.37. The van der Waals surface area contributed by atoms with Crippen LogP contribution in [0.4, 0.5) is 0 Å². The summed E-state index contributed by atoms with van der Waals surface area (Å²) in [7, 11) is 3.48. The largest absolute Gasteiger partial charge is 0.382 e. The highest BCUT2D eigenvalue weighted by atomic mass is 127. The average molecular weight is 518 g/mol. The molecule has 2 N–H and O–H groups in total. The molecule has 0 spiro atoms. The molecule has 0 bridgehead atoms. The summed E-state index contributed by atoms with van der Waals surface area (Å²) in [6.07, 6.45) is 4.97. The van der Waals surface area contributed by atoms with E-state index >= 15 is 0 Å². The highest BCUT2D eigenvalue weighted by Gasteiger charge is 2.17. The molecule has 1 fully saturated rings. The minimum atomic E-state index is 0. The van der Waals surface area contributed by atoms with Crippen LogP contribution in [0.5, 0.6) is 0 Å². The lowest BCUT2D eigenvalue weighted by atomic mass is 10.0. The molecule has 6 nitrogen and oxygen atoms in total. The number of aliphatic imine (C=N–C) groups is 1. The lowest BCUT2D eigenvalue weighted by Gasteiger charge is -2.33. The number of ether oxygens (including phenoxy) is 2. The number of nitrogens with one attached hydrogen (secondary N) is 2. The first kappa shape index (κ1) is 26.1. The van der Waals surface area contributed by atoms with Crippen molar-refractivity contribution >= 4 is 29.9 Å². The number of piperidine rings is 1. The molecule has 0 aromatic heterocycles. The van der Waals surface area contributed by atoms with Crippen LogP contribution in [0.2, 0.25) is 0 Å². The standard InChI is InChI=1S/C22H38N4O2.HI/c1-19-7-4-5-13-26(19)18-21-10-8-20(9-11-21)17-25-22(23-2)24-12-6-14-28-16-15-27-3;/h8-11,19H,4-7,12-18H2,1-3H3,(H2,23,24,25);1H. The molecular weight excluding hydrogens is 479 g/mol. The van der Waals surface area contributed by atoms with Gasteiger partial charge in [0.05, 0.1) is 13.2 Å². The number of hydrogen-bond acceptors (Lipinski definition) is 4. The maximum Gasteiger partial charge on any atom is 0.191 e. The molecule has 1 unspecified atom stereocenters. The zero-order valence-electron chi connectivity index (χ0n) is 18.3. The van der Waals surface area contributed by atoms with Gasteiger partial charge in [-0.15, -0.1) is 24.0 Å². The molecule has 1 aromatic rings. The van der Waals surface area contributed by atoms with Crippen molar-refractivity contribution in [2.75, 3.05) is 47.1 Å². The van der Waals surface area contributed by atoms with E-state index in [0.717, 1.165) is 38.6 Å². The van der Waals surface area contributed by atoms with Crippen LogP contribution < -0.4 is 10.6 Å². The van der Waals surface area contributed by atoms with Gasteiger partial charge in [0.15, 0.2) is 5.96 Å². The van der Waals surface area contributed by atoms with E-state index in [2.05, 4.69) is 51.7 Å². The number of hydrogen-bond donors (Lipinski definition) is 2. The number of nitrogens with zero attached hydrogens (tertiary/aromatic N) is 2. The minimum Gasteiger partial charge on any atom is -0.382 e. The summed E-state index contributed by atoms with van der Waals surface area (Å²) >= 11 is 0. The molecule has 1 aliphatic heterocycles. The summed E-state index contributed by atoms with van der Waals surface area (Å²) in [5.41, 5.74) is 2.66. The number of halogens is 1. The maximum absolute atomic E-state index is 5.46. The summed E-state index contributed by atoms with van der Waals surface area (Å²) in [6, 6.07) is 9.65. The van der Waals surface area contributed by atoms with Crippen molar-refractivity contribution in [1.29, 1.82) is 0 Å². The SMILES string of the molecule is CN=C(NCCCOCCOC)NCc1ccc(CN2CCCCC2C)cc1.I. The van der Waals surface area contributed by atoms with Crippen molar-refractivity contribution in [3.8, 4) is 0 Å². The molecule has 0 saturated carbocycles. The molecule has 0 radical (unpaired) electrons. The Morgan fingerprint density at radius 2 is 1.86 bits per heavy atom. The van der Waals surface area contributed by atoms with Gasteiger partial charge < -0.3 is 20.1 Å². The molecule has 0 amide bonds. The second-order valence-electron chi connectivity index (χ2n) is 7.44. The fourth-order valence-electron chi connectivity index (χ4n) is 3.42. The molecule has 1 heterocycles. The highest BCUT2D eigenvalue weighted by molar-refractivity contribution is 14.0. The average Bonchev–Trinajstić information content (AvgIpc) is 2.72. The second-order valence-corrected chi connectivity index (χ2v) is 7.44. The topological polar surface area (TPSA) is 58.1 Å². The molecule has 166 valence electrons. The third-order valence-corrected chi connectivity index (χ3v) is 5.22. The van der Waals surface area contributed by atoms with E-state index in [4.69, 9.17) is 9.47 Å². The first-order valence-corrected chi connectivity index (χ1v) is 10.6. The summed E-state index contributed by atoms with van der Waals surface area (Å²) in [5, 5.41) is 6.69. The van der Waals surface area contributed by atoms with Gasteiger partial charge in [0.2, 0.25) is 0 Å². The number of benzene rings is 1. The van der Waals surface area contributed by atoms with Crippen molar-refractivity contribution in [2.45, 2.75) is 51.7 Å². The summed E-state index contributed by atoms with van der Waals surface area (Å²) in [4.78, 5) is 6.88. The lowest BCUT2D eigenvalue weighted by molar-refractivity contribution is 0.0698. The smallest absolute Gasteiger partial charge is 0.191 e. The normalized spacial score (nSPS) is 17.6. The van der Waals surface area contributed by atoms with Gasteiger partial charge in [-0.2, -0.15) is 0 Å². The first-order chi connectivity index (χ1) is 13.7. The number of likely N-dealkylation sites (tertiary alicyclic amines) is 1. The van der Waals surface area contributed by atoms with Crippen molar-refractivity contribution in [2.24, 2.45) is 4.99 Å². The van der Waals surface area contributed by atoms with Gasteiger partial charge in [-0.3, -0.25) is 9.89 Å². The van der Waals surface area contributed by atoms with Gasteiger partial charge in [0.1, 0.15) is 0 Å². The number of rotatable bonds is 11. The van der Waals surface area contributed by atoms with Gasteiger partial charge in [-0.05, 0) is 43.9 Å². The van der Waals surface area contributed by atoms with Crippen molar-refractivity contribution in [3.05, 3.63) is 35.4 Å². The van der Waals surface area contributed by atoms with E-state index in [1.807, 2.05) is 0 Å². The van der Waals surface area contributed by atoms with E-state index in [-0.39, 0.29) is 24.0 Å².